The van der Waals surface area contributed by atoms with Crippen molar-refractivity contribution in [1.29, 1.82) is 0 Å². The summed E-state index contributed by atoms with van der Waals surface area (Å²) in [6.45, 7) is 2.17. The van der Waals surface area contributed by atoms with Crippen LogP contribution in [-0.4, -0.2) is 12.8 Å². The van der Waals surface area contributed by atoms with E-state index in [1.807, 2.05) is 19.2 Å². The Morgan fingerprint density at radius 1 is 1.46 bits per heavy atom. The molecule has 1 aromatic rings. The number of rotatable bonds is 3. The average molecular weight is 240 g/mol. The number of benzene rings is 1. The number of nitrogens with zero attached hydrogens (tertiary/aromatic N) is 1. The van der Waals surface area contributed by atoms with Crippen LogP contribution in [0.5, 0.6) is 0 Å². The lowest BCUT2D eigenvalue weighted by Gasteiger charge is -2.04. The van der Waals surface area contributed by atoms with Crippen molar-refractivity contribution in [1.82, 2.24) is 0 Å². The Morgan fingerprint density at radius 3 is 2.77 bits per heavy atom. The fourth-order valence-electron chi connectivity index (χ4n) is 1.29. The third-order valence-electron chi connectivity index (χ3n) is 1.91. The second-order valence-corrected chi connectivity index (χ2v) is 3.85. The van der Waals surface area contributed by atoms with Gasteiger partial charge in [0.05, 0.1) is 0 Å². The minimum absolute atomic E-state index is 1.05. The van der Waals surface area contributed by atoms with Crippen molar-refractivity contribution in [3.05, 3.63) is 34.3 Å². The molecular weight excluding hydrogens is 226 g/mol. The molecule has 2 heteroatoms. The summed E-state index contributed by atoms with van der Waals surface area (Å²) in [7, 11) is 1.85. The zero-order valence-corrected chi connectivity index (χ0v) is 9.63. The maximum Gasteiger partial charge on any atom is 0.0417 e. The van der Waals surface area contributed by atoms with Crippen LogP contribution in [-0.2, 0) is 0 Å². The molecule has 0 fully saturated rings. The van der Waals surface area contributed by atoms with E-state index in [0.717, 1.165) is 17.3 Å². The van der Waals surface area contributed by atoms with E-state index in [4.69, 9.17) is 0 Å². The van der Waals surface area contributed by atoms with Gasteiger partial charge in [-0.25, -0.2) is 0 Å². The minimum Gasteiger partial charge on any atom is -0.292 e. The second-order valence-electron chi connectivity index (χ2n) is 2.93. The van der Waals surface area contributed by atoms with Gasteiger partial charge in [-0.2, -0.15) is 0 Å². The molecule has 13 heavy (non-hydrogen) atoms. The van der Waals surface area contributed by atoms with E-state index in [0.29, 0.717) is 0 Å². The van der Waals surface area contributed by atoms with Crippen LogP contribution in [0.3, 0.4) is 0 Å². The molecule has 1 aromatic carbocycles. The van der Waals surface area contributed by atoms with Crippen LogP contribution in [0, 0.1) is 0 Å². The normalized spacial score (nSPS) is 11.8. The third-order valence-corrected chi connectivity index (χ3v) is 2.41. The van der Waals surface area contributed by atoms with Crippen LogP contribution >= 0.6 is 15.9 Å². The van der Waals surface area contributed by atoms with Crippen molar-refractivity contribution in [2.45, 2.75) is 19.8 Å². The SMILES string of the molecule is CCCC(=NC)c1cccc(Br)c1. The molecule has 0 aliphatic heterocycles. The van der Waals surface area contributed by atoms with Gasteiger partial charge in [0.2, 0.25) is 0 Å². The smallest absolute Gasteiger partial charge is 0.0417 e. The summed E-state index contributed by atoms with van der Waals surface area (Å²) in [5.74, 6) is 0. The summed E-state index contributed by atoms with van der Waals surface area (Å²) in [5.41, 5.74) is 2.41. The molecule has 0 amide bonds. The molecule has 0 saturated carbocycles. The molecule has 0 aromatic heterocycles. The van der Waals surface area contributed by atoms with E-state index >= 15 is 0 Å². The van der Waals surface area contributed by atoms with Gasteiger partial charge in [-0.3, -0.25) is 4.99 Å². The first-order chi connectivity index (χ1) is 6.27. The minimum atomic E-state index is 1.05. The lowest BCUT2D eigenvalue weighted by Crippen LogP contribution is -1.99. The third kappa shape index (κ3) is 2.96. The van der Waals surface area contributed by atoms with Crippen LogP contribution in [0.25, 0.3) is 0 Å². The van der Waals surface area contributed by atoms with Crippen molar-refractivity contribution < 1.29 is 0 Å². The lowest BCUT2D eigenvalue weighted by molar-refractivity contribution is 0.989. The summed E-state index contributed by atoms with van der Waals surface area (Å²) in [4.78, 5) is 4.28. The maximum atomic E-state index is 4.28. The topological polar surface area (TPSA) is 12.4 Å². The molecule has 0 saturated heterocycles. The molecule has 0 N–H and O–H groups in total. The largest absolute Gasteiger partial charge is 0.292 e. The van der Waals surface area contributed by atoms with Gasteiger partial charge in [0.1, 0.15) is 0 Å². The fourth-order valence-corrected chi connectivity index (χ4v) is 1.69. The Kier molecular flexibility index (Phi) is 4.16. The molecule has 0 unspecified atom stereocenters. The molecule has 0 bridgehead atoms. The van der Waals surface area contributed by atoms with Gasteiger partial charge in [-0.15, -0.1) is 0 Å². The summed E-state index contributed by atoms with van der Waals surface area (Å²) >= 11 is 3.46. The van der Waals surface area contributed by atoms with Crippen molar-refractivity contribution in [3.63, 3.8) is 0 Å². The zero-order valence-electron chi connectivity index (χ0n) is 8.05. The Hall–Kier alpha value is -0.630. The molecule has 1 nitrogen and oxygen atoms in total. The zero-order chi connectivity index (χ0) is 9.68. The number of hydrogen-bond acceptors (Lipinski definition) is 1. The fraction of sp³-hybridized carbons (Fsp3) is 0.364. The van der Waals surface area contributed by atoms with Gasteiger partial charge in [-0.05, 0) is 24.1 Å². The highest BCUT2D eigenvalue weighted by Crippen LogP contribution is 2.14. The van der Waals surface area contributed by atoms with Crippen LogP contribution in [0.15, 0.2) is 33.7 Å². The van der Waals surface area contributed by atoms with Gasteiger partial charge in [0.25, 0.3) is 0 Å². The number of halogens is 1. The first-order valence-corrected chi connectivity index (χ1v) is 5.28. The van der Waals surface area contributed by atoms with Gasteiger partial charge in [-0.1, -0.05) is 41.4 Å². The van der Waals surface area contributed by atoms with Crippen molar-refractivity contribution in [2.75, 3.05) is 7.05 Å². The highest BCUT2D eigenvalue weighted by molar-refractivity contribution is 9.10. The quantitative estimate of drug-likeness (QED) is 0.715. The molecule has 0 heterocycles. The highest BCUT2D eigenvalue weighted by atomic mass is 79.9. The maximum absolute atomic E-state index is 4.28. The van der Waals surface area contributed by atoms with Crippen LogP contribution in [0.4, 0.5) is 0 Å². The molecule has 70 valence electrons. The highest BCUT2D eigenvalue weighted by Gasteiger charge is 2.00. The lowest BCUT2D eigenvalue weighted by atomic mass is 10.1. The van der Waals surface area contributed by atoms with E-state index < -0.39 is 0 Å². The van der Waals surface area contributed by atoms with Crippen LogP contribution in [0.1, 0.15) is 25.3 Å². The summed E-state index contributed by atoms with van der Waals surface area (Å²) in [6, 6.07) is 8.28. The first kappa shape index (κ1) is 10.5. The summed E-state index contributed by atoms with van der Waals surface area (Å²) in [6.07, 6.45) is 2.19. The molecule has 0 spiro atoms. The van der Waals surface area contributed by atoms with Gasteiger partial charge in [0.15, 0.2) is 0 Å². The van der Waals surface area contributed by atoms with E-state index in [9.17, 15) is 0 Å². The molecule has 0 aliphatic rings. The Bertz CT molecular complexity index is 305. The predicted octanol–water partition coefficient (Wildman–Crippen LogP) is 3.67. The van der Waals surface area contributed by atoms with Gasteiger partial charge < -0.3 is 0 Å². The van der Waals surface area contributed by atoms with E-state index in [-0.39, 0.29) is 0 Å². The van der Waals surface area contributed by atoms with Crippen LogP contribution < -0.4 is 0 Å². The molecular formula is C11H14BrN. The van der Waals surface area contributed by atoms with Crippen molar-refractivity contribution in [2.24, 2.45) is 4.99 Å². The predicted molar refractivity (Wildman–Crippen MR) is 61.5 cm³/mol. The molecule has 1 rings (SSSR count). The van der Waals surface area contributed by atoms with Crippen LogP contribution in [0.2, 0.25) is 0 Å². The van der Waals surface area contributed by atoms with Crippen molar-refractivity contribution >= 4 is 21.6 Å². The second kappa shape index (κ2) is 5.18. The van der Waals surface area contributed by atoms with E-state index in [1.54, 1.807) is 0 Å². The van der Waals surface area contributed by atoms with Gasteiger partial charge in [0, 0.05) is 17.2 Å². The summed E-state index contributed by atoms with van der Waals surface area (Å²) < 4.78 is 1.11. The number of hydrogen-bond donors (Lipinski definition) is 0. The monoisotopic (exact) mass is 239 g/mol. The Balaban J connectivity index is 2.92. The van der Waals surface area contributed by atoms with E-state index in [1.165, 1.54) is 11.3 Å². The Morgan fingerprint density at radius 2 is 2.23 bits per heavy atom. The Labute approximate surface area is 88.0 Å². The molecule has 0 aliphatic carbocycles. The standard InChI is InChI=1S/C11H14BrN/c1-3-5-11(13-2)9-6-4-7-10(12)8-9/h4,6-8H,3,5H2,1-2H3. The average Bonchev–Trinajstić information content (AvgIpc) is 2.14. The first-order valence-electron chi connectivity index (χ1n) is 4.49. The molecule has 0 radical (unpaired) electrons. The molecule has 0 atom stereocenters. The number of aliphatic imine (C=N–C) groups is 1. The van der Waals surface area contributed by atoms with Crippen molar-refractivity contribution in [3.8, 4) is 0 Å². The van der Waals surface area contributed by atoms with E-state index in [2.05, 4.69) is 40.0 Å². The summed E-state index contributed by atoms with van der Waals surface area (Å²) in [5, 5.41) is 0. The van der Waals surface area contributed by atoms with Gasteiger partial charge >= 0.3 is 0 Å².